The van der Waals surface area contributed by atoms with Crippen molar-refractivity contribution in [2.45, 2.75) is 31.7 Å². The van der Waals surface area contributed by atoms with Gasteiger partial charge in [0.2, 0.25) is 0 Å². The molecule has 0 spiro atoms. The fourth-order valence-electron chi connectivity index (χ4n) is 2.15. The molecule has 2 unspecified atom stereocenters. The average molecular weight is 236 g/mol. The van der Waals surface area contributed by atoms with Crippen molar-refractivity contribution in [3.63, 3.8) is 0 Å². The summed E-state index contributed by atoms with van der Waals surface area (Å²) in [4.78, 5) is 2.23. The zero-order valence-corrected chi connectivity index (χ0v) is 10.0. The van der Waals surface area contributed by atoms with Crippen molar-refractivity contribution < 1.29 is 13.9 Å². The SMILES string of the molecule is CC(NCC(F)(F)CO)C1CCCN(C)C1. The molecule has 1 aliphatic rings. The molecule has 0 radical (unpaired) electrons. The van der Waals surface area contributed by atoms with E-state index in [1.807, 2.05) is 6.92 Å². The van der Waals surface area contributed by atoms with Gasteiger partial charge >= 0.3 is 0 Å². The zero-order valence-electron chi connectivity index (χ0n) is 10.0. The Morgan fingerprint density at radius 3 is 2.81 bits per heavy atom. The predicted octanol–water partition coefficient (Wildman–Crippen LogP) is 0.934. The fraction of sp³-hybridized carbons (Fsp3) is 1.00. The number of alkyl halides is 2. The molecule has 1 heterocycles. The number of nitrogens with one attached hydrogen (secondary N) is 1. The van der Waals surface area contributed by atoms with Gasteiger partial charge in [0.1, 0.15) is 6.61 Å². The van der Waals surface area contributed by atoms with Crippen molar-refractivity contribution in [3.05, 3.63) is 0 Å². The first kappa shape index (κ1) is 13.8. The second-order valence-electron chi connectivity index (χ2n) is 4.85. The molecule has 3 nitrogen and oxygen atoms in total. The van der Waals surface area contributed by atoms with E-state index in [1.54, 1.807) is 0 Å². The number of likely N-dealkylation sites (tertiary alicyclic amines) is 1. The lowest BCUT2D eigenvalue weighted by atomic mass is 9.92. The normalized spacial score (nSPS) is 25.7. The second-order valence-corrected chi connectivity index (χ2v) is 4.85. The van der Waals surface area contributed by atoms with Gasteiger partial charge in [0.05, 0.1) is 6.54 Å². The van der Waals surface area contributed by atoms with Crippen molar-refractivity contribution in [2.75, 3.05) is 33.3 Å². The molecule has 16 heavy (non-hydrogen) atoms. The maximum Gasteiger partial charge on any atom is 0.282 e. The Kier molecular flexibility index (Phi) is 5.08. The van der Waals surface area contributed by atoms with Gasteiger partial charge in [-0.2, -0.15) is 0 Å². The van der Waals surface area contributed by atoms with Crippen LogP contribution in [-0.4, -0.2) is 55.3 Å². The highest BCUT2D eigenvalue weighted by molar-refractivity contribution is 4.81. The van der Waals surface area contributed by atoms with Crippen LogP contribution in [0.4, 0.5) is 8.78 Å². The molecule has 2 atom stereocenters. The molecule has 0 aromatic carbocycles. The Morgan fingerprint density at radius 1 is 1.56 bits per heavy atom. The van der Waals surface area contributed by atoms with Gasteiger partial charge in [-0.15, -0.1) is 0 Å². The largest absolute Gasteiger partial charge is 0.390 e. The first-order chi connectivity index (χ1) is 7.44. The Balaban J connectivity index is 2.31. The predicted molar refractivity (Wildman–Crippen MR) is 59.7 cm³/mol. The molecule has 1 fully saturated rings. The van der Waals surface area contributed by atoms with Crippen LogP contribution in [0.3, 0.4) is 0 Å². The minimum absolute atomic E-state index is 0.0696. The van der Waals surface area contributed by atoms with Crippen LogP contribution in [0.1, 0.15) is 19.8 Å². The maximum absolute atomic E-state index is 12.8. The molecule has 1 saturated heterocycles. The van der Waals surface area contributed by atoms with Gasteiger partial charge in [0.15, 0.2) is 0 Å². The van der Waals surface area contributed by atoms with Gasteiger partial charge < -0.3 is 15.3 Å². The van der Waals surface area contributed by atoms with Crippen LogP contribution in [0.15, 0.2) is 0 Å². The summed E-state index contributed by atoms with van der Waals surface area (Å²) in [6.07, 6.45) is 2.22. The molecule has 96 valence electrons. The monoisotopic (exact) mass is 236 g/mol. The van der Waals surface area contributed by atoms with Gasteiger partial charge in [-0.3, -0.25) is 0 Å². The number of aliphatic hydroxyl groups excluding tert-OH is 1. The number of halogens is 2. The summed E-state index contributed by atoms with van der Waals surface area (Å²) < 4.78 is 25.7. The lowest BCUT2D eigenvalue weighted by molar-refractivity contribution is -0.0506. The van der Waals surface area contributed by atoms with E-state index in [1.165, 1.54) is 0 Å². The van der Waals surface area contributed by atoms with E-state index in [4.69, 9.17) is 5.11 Å². The Morgan fingerprint density at radius 2 is 2.25 bits per heavy atom. The Bertz CT molecular complexity index is 214. The number of hydrogen-bond donors (Lipinski definition) is 2. The number of hydrogen-bond acceptors (Lipinski definition) is 3. The van der Waals surface area contributed by atoms with Gasteiger partial charge in [0.25, 0.3) is 5.92 Å². The van der Waals surface area contributed by atoms with E-state index in [2.05, 4.69) is 17.3 Å². The van der Waals surface area contributed by atoms with Crippen LogP contribution < -0.4 is 5.32 Å². The molecular formula is C11H22F2N2O. The molecule has 2 N–H and O–H groups in total. The van der Waals surface area contributed by atoms with E-state index in [9.17, 15) is 8.78 Å². The van der Waals surface area contributed by atoms with Crippen LogP contribution in [-0.2, 0) is 0 Å². The van der Waals surface area contributed by atoms with E-state index in [0.29, 0.717) is 5.92 Å². The minimum atomic E-state index is -3.01. The summed E-state index contributed by atoms with van der Waals surface area (Å²) in [5, 5.41) is 11.3. The Labute approximate surface area is 95.8 Å². The standard InChI is InChI=1S/C11H22F2N2O/c1-9(14-7-11(12,13)8-16)10-4-3-5-15(2)6-10/h9-10,14,16H,3-8H2,1-2H3. The lowest BCUT2D eigenvalue weighted by Gasteiger charge is -2.34. The molecule has 0 saturated carbocycles. The third kappa shape index (κ3) is 4.31. The van der Waals surface area contributed by atoms with E-state index in [-0.39, 0.29) is 6.04 Å². The van der Waals surface area contributed by atoms with Crippen molar-refractivity contribution in [3.8, 4) is 0 Å². The Hall–Kier alpha value is -0.260. The van der Waals surface area contributed by atoms with Crippen LogP contribution in [0, 0.1) is 5.92 Å². The molecular weight excluding hydrogens is 214 g/mol. The van der Waals surface area contributed by atoms with Crippen LogP contribution in [0.2, 0.25) is 0 Å². The van der Waals surface area contributed by atoms with Crippen molar-refractivity contribution >= 4 is 0 Å². The van der Waals surface area contributed by atoms with Crippen LogP contribution >= 0.6 is 0 Å². The molecule has 0 aromatic rings. The smallest absolute Gasteiger partial charge is 0.282 e. The average Bonchev–Trinajstić information content (AvgIpc) is 2.26. The number of piperidine rings is 1. The topological polar surface area (TPSA) is 35.5 Å². The summed E-state index contributed by atoms with van der Waals surface area (Å²) in [5.74, 6) is -2.58. The van der Waals surface area contributed by atoms with Gasteiger partial charge in [0, 0.05) is 12.6 Å². The number of nitrogens with zero attached hydrogens (tertiary/aromatic N) is 1. The number of rotatable bonds is 5. The first-order valence-corrected chi connectivity index (χ1v) is 5.85. The highest BCUT2D eigenvalue weighted by Crippen LogP contribution is 2.19. The highest BCUT2D eigenvalue weighted by Gasteiger charge is 2.30. The fourth-order valence-corrected chi connectivity index (χ4v) is 2.15. The lowest BCUT2D eigenvalue weighted by Crippen LogP contribution is -2.47. The minimum Gasteiger partial charge on any atom is -0.390 e. The summed E-state index contributed by atoms with van der Waals surface area (Å²) in [6, 6.07) is 0.0696. The summed E-state index contributed by atoms with van der Waals surface area (Å²) in [7, 11) is 2.06. The van der Waals surface area contributed by atoms with E-state index in [0.717, 1.165) is 25.9 Å². The first-order valence-electron chi connectivity index (χ1n) is 5.85. The van der Waals surface area contributed by atoms with E-state index >= 15 is 0 Å². The summed E-state index contributed by atoms with van der Waals surface area (Å²) in [6.45, 7) is 2.47. The van der Waals surface area contributed by atoms with E-state index < -0.39 is 19.1 Å². The molecule has 1 aliphatic heterocycles. The zero-order chi connectivity index (χ0) is 12.2. The molecule has 0 amide bonds. The third-order valence-corrected chi connectivity index (χ3v) is 3.28. The highest BCUT2D eigenvalue weighted by atomic mass is 19.3. The number of aliphatic hydroxyl groups is 1. The molecule has 0 aromatic heterocycles. The van der Waals surface area contributed by atoms with Crippen molar-refractivity contribution in [1.82, 2.24) is 10.2 Å². The summed E-state index contributed by atoms with van der Waals surface area (Å²) in [5.41, 5.74) is 0. The van der Waals surface area contributed by atoms with Gasteiger partial charge in [-0.25, -0.2) is 8.78 Å². The quantitative estimate of drug-likeness (QED) is 0.745. The van der Waals surface area contributed by atoms with Crippen molar-refractivity contribution in [2.24, 2.45) is 5.92 Å². The molecule has 1 rings (SSSR count). The van der Waals surface area contributed by atoms with Gasteiger partial charge in [-0.05, 0) is 39.3 Å². The van der Waals surface area contributed by atoms with Crippen molar-refractivity contribution in [1.29, 1.82) is 0 Å². The molecule has 0 aliphatic carbocycles. The third-order valence-electron chi connectivity index (χ3n) is 3.28. The molecule has 0 bridgehead atoms. The maximum atomic E-state index is 12.8. The second kappa shape index (κ2) is 5.89. The molecule has 5 heteroatoms. The van der Waals surface area contributed by atoms with Crippen LogP contribution in [0.25, 0.3) is 0 Å². The van der Waals surface area contributed by atoms with Gasteiger partial charge in [-0.1, -0.05) is 0 Å². The summed E-state index contributed by atoms with van der Waals surface area (Å²) >= 11 is 0. The van der Waals surface area contributed by atoms with Crippen LogP contribution in [0.5, 0.6) is 0 Å².